The summed E-state index contributed by atoms with van der Waals surface area (Å²) in [6.07, 6.45) is 4.10. The molecule has 0 atom stereocenters. The number of hydrogen-bond donors (Lipinski definition) is 0. The first-order valence-corrected chi connectivity index (χ1v) is 10.5. The average molecular weight is 431 g/mol. The zero-order valence-electron chi connectivity index (χ0n) is 18.5. The van der Waals surface area contributed by atoms with Crippen molar-refractivity contribution in [2.75, 3.05) is 21.3 Å². The van der Waals surface area contributed by atoms with Gasteiger partial charge in [0, 0.05) is 11.6 Å². The Labute approximate surface area is 188 Å². The smallest absolute Gasteiger partial charge is 0.337 e. The lowest BCUT2D eigenvalue weighted by Gasteiger charge is -2.13. The SMILES string of the molecule is COC(=O)c1ccc(COc2cccc3c2/C(=C\c2cc(OC)cc(OC)c2)CC3)cc1. The van der Waals surface area contributed by atoms with Gasteiger partial charge in [-0.2, -0.15) is 0 Å². The minimum Gasteiger partial charge on any atom is -0.497 e. The lowest BCUT2D eigenvalue weighted by Crippen LogP contribution is -2.02. The number of allylic oxidation sites excluding steroid dienone is 1. The summed E-state index contributed by atoms with van der Waals surface area (Å²) in [4.78, 5) is 11.6. The van der Waals surface area contributed by atoms with Crippen molar-refractivity contribution in [1.29, 1.82) is 0 Å². The Morgan fingerprint density at radius 2 is 1.62 bits per heavy atom. The van der Waals surface area contributed by atoms with Crippen molar-refractivity contribution in [3.8, 4) is 17.2 Å². The highest BCUT2D eigenvalue weighted by molar-refractivity contribution is 5.89. The van der Waals surface area contributed by atoms with Gasteiger partial charge in [-0.1, -0.05) is 30.3 Å². The van der Waals surface area contributed by atoms with Gasteiger partial charge in [0.05, 0.1) is 26.9 Å². The molecule has 4 rings (SSSR count). The third-order valence-corrected chi connectivity index (χ3v) is 5.58. The summed E-state index contributed by atoms with van der Waals surface area (Å²) in [5.41, 5.74) is 6.20. The second-order valence-corrected chi connectivity index (χ2v) is 7.58. The summed E-state index contributed by atoms with van der Waals surface area (Å²) in [7, 11) is 4.68. The van der Waals surface area contributed by atoms with Crippen molar-refractivity contribution in [1.82, 2.24) is 0 Å². The molecule has 0 amide bonds. The van der Waals surface area contributed by atoms with Gasteiger partial charge in [-0.25, -0.2) is 4.79 Å². The number of ether oxygens (including phenoxy) is 4. The molecular formula is C27H26O5. The van der Waals surface area contributed by atoms with E-state index in [0.717, 1.165) is 46.8 Å². The number of carbonyl (C=O) groups excluding carboxylic acids is 1. The summed E-state index contributed by atoms with van der Waals surface area (Å²) < 4.78 is 21.8. The van der Waals surface area contributed by atoms with Crippen molar-refractivity contribution in [3.63, 3.8) is 0 Å². The summed E-state index contributed by atoms with van der Waals surface area (Å²) in [5.74, 6) is 2.03. The maximum absolute atomic E-state index is 11.6. The van der Waals surface area contributed by atoms with Crippen LogP contribution in [0.3, 0.4) is 0 Å². The molecule has 0 aliphatic heterocycles. The number of esters is 1. The molecule has 5 heteroatoms. The molecule has 0 spiro atoms. The maximum atomic E-state index is 11.6. The first kappa shape index (κ1) is 21.5. The van der Waals surface area contributed by atoms with E-state index in [9.17, 15) is 4.79 Å². The molecule has 0 saturated carbocycles. The van der Waals surface area contributed by atoms with Crippen molar-refractivity contribution in [2.24, 2.45) is 0 Å². The van der Waals surface area contributed by atoms with Crippen molar-refractivity contribution < 1.29 is 23.7 Å². The molecule has 0 bridgehead atoms. The largest absolute Gasteiger partial charge is 0.497 e. The Kier molecular flexibility index (Phi) is 6.45. The van der Waals surface area contributed by atoms with E-state index in [1.54, 1.807) is 26.4 Å². The molecular weight excluding hydrogens is 404 g/mol. The van der Waals surface area contributed by atoms with Crippen LogP contribution in [0, 0.1) is 0 Å². The fourth-order valence-corrected chi connectivity index (χ4v) is 3.94. The standard InChI is InChI=1S/C27H26O5/c1-29-23-14-19(15-24(16-23)30-2)13-22-12-11-20-5-4-6-25(26(20)22)32-17-18-7-9-21(10-8-18)27(28)31-3/h4-10,13-16H,11-12,17H2,1-3H3/b22-13-. The fraction of sp³-hybridized carbons (Fsp3) is 0.222. The zero-order valence-corrected chi connectivity index (χ0v) is 18.5. The van der Waals surface area contributed by atoms with E-state index in [4.69, 9.17) is 18.9 Å². The normalized spacial score (nSPS) is 13.5. The van der Waals surface area contributed by atoms with Crippen molar-refractivity contribution >= 4 is 17.6 Å². The maximum Gasteiger partial charge on any atom is 0.337 e. The first-order valence-electron chi connectivity index (χ1n) is 10.5. The predicted octanol–water partition coefficient (Wildman–Crippen LogP) is 5.56. The highest BCUT2D eigenvalue weighted by atomic mass is 16.5. The monoisotopic (exact) mass is 430 g/mol. The quantitative estimate of drug-likeness (QED) is 0.460. The van der Waals surface area contributed by atoms with E-state index >= 15 is 0 Å². The van der Waals surface area contributed by atoms with E-state index in [0.29, 0.717) is 12.2 Å². The summed E-state index contributed by atoms with van der Waals surface area (Å²) in [6, 6.07) is 19.3. The second-order valence-electron chi connectivity index (χ2n) is 7.58. The third-order valence-electron chi connectivity index (χ3n) is 5.58. The van der Waals surface area contributed by atoms with Gasteiger partial charge in [-0.3, -0.25) is 0 Å². The lowest BCUT2D eigenvalue weighted by molar-refractivity contribution is 0.0600. The number of methoxy groups -OCH3 is 3. The summed E-state index contributed by atoms with van der Waals surface area (Å²) in [5, 5.41) is 0. The minimum atomic E-state index is -0.345. The van der Waals surface area contributed by atoms with Gasteiger partial charge in [-0.05, 0) is 65.4 Å². The van der Waals surface area contributed by atoms with Crippen LogP contribution in [0.15, 0.2) is 60.7 Å². The molecule has 0 fully saturated rings. The summed E-state index contributed by atoms with van der Waals surface area (Å²) >= 11 is 0. The number of hydrogen-bond acceptors (Lipinski definition) is 5. The van der Waals surface area contributed by atoms with Gasteiger partial charge in [0.2, 0.25) is 0 Å². The second kappa shape index (κ2) is 9.60. The highest BCUT2D eigenvalue weighted by Crippen LogP contribution is 2.40. The van der Waals surface area contributed by atoms with Crippen LogP contribution in [0.5, 0.6) is 17.2 Å². The molecule has 0 radical (unpaired) electrons. The molecule has 0 heterocycles. The molecule has 32 heavy (non-hydrogen) atoms. The number of benzene rings is 3. The zero-order chi connectivity index (χ0) is 22.5. The number of rotatable bonds is 7. The fourth-order valence-electron chi connectivity index (χ4n) is 3.94. The number of carbonyl (C=O) groups is 1. The Morgan fingerprint density at radius 3 is 2.28 bits per heavy atom. The predicted molar refractivity (Wildman–Crippen MR) is 124 cm³/mol. The molecule has 164 valence electrons. The van der Waals surface area contributed by atoms with Crippen LogP contribution in [0.2, 0.25) is 0 Å². The van der Waals surface area contributed by atoms with E-state index < -0.39 is 0 Å². The molecule has 0 saturated heterocycles. The van der Waals surface area contributed by atoms with E-state index in [2.05, 4.69) is 12.1 Å². The van der Waals surface area contributed by atoms with Crippen LogP contribution >= 0.6 is 0 Å². The summed E-state index contributed by atoms with van der Waals surface area (Å²) in [6.45, 7) is 0.415. The van der Waals surface area contributed by atoms with Crippen molar-refractivity contribution in [3.05, 3.63) is 88.5 Å². The van der Waals surface area contributed by atoms with Crippen LogP contribution in [-0.2, 0) is 17.8 Å². The molecule has 0 aromatic heterocycles. The van der Waals surface area contributed by atoms with Crippen LogP contribution < -0.4 is 14.2 Å². The minimum absolute atomic E-state index is 0.345. The van der Waals surface area contributed by atoms with Crippen LogP contribution in [0.1, 0.15) is 39.0 Å². The Morgan fingerprint density at radius 1 is 0.906 bits per heavy atom. The van der Waals surface area contributed by atoms with Gasteiger partial charge < -0.3 is 18.9 Å². The lowest BCUT2D eigenvalue weighted by atomic mass is 10.0. The molecule has 3 aromatic rings. The van der Waals surface area contributed by atoms with E-state index in [1.807, 2.05) is 42.5 Å². The molecule has 1 aliphatic rings. The van der Waals surface area contributed by atoms with E-state index in [-0.39, 0.29) is 5.97 Å². The Bertz CT molecular complexity index is 1120. The van der Waals surface area contributed by atoms with E-state index in [1.165, 1.54) is 18.2 Å². The van der Waals surface area contributed by atoms with Crippen LogP contribution in [0.4, 0.5) is 0 Å². The van der Waals surface area contributed by atoms with Gasteiger partial charge >= 0.3 is 5.97 Å². The molecule has 3 aromatic carbocycles. The topological polar surface area (TPSA) is 54.0 Å². The average Bonchev–Trinajstić information content (AvgIpc) is 3.25. The van der Waals surface area contributed by atoms with Crippen LogP contribution in [0.25, 0.3) is 11.6 Å². The molecule has 0 unspecified atom stereocenters. The van der Waals surface area contributed by atoms with Gasteiger partial charge in [0.25, 0.3) is 0 Å². The first-order chi connectivity index (χ1) is 15.6. The van der Waals surface area contributed by atoms with Crippen LogP contribution in [-0.4, -0.2) is 27.3 Å². The van der Waals surface area contributed by atoms with Gasteiger partial charge in [0.1, 0.15) is 23.9 Å². The molecule has 0 N–H and O–H groups in total. The Balaban J connectivity index is 1.58. The number of aryl methyl sites for hydroxylation is 1. The van der Waals surface area contributed by atoms with Gasteiger partial charge in [-0.15, -0.1) is 0 Å². The van der Waals surface area contributed by atoms with Crippen molar-refractivity contribution in [2.45, 2.75) is 19.4 Å². The third kappa shape index (κ3) is 4.62. The van der Waals surface area contributed by atoms with Gasteiger partial charge in [0.15, 0.2) is 0 Å². The Hall–Kier alpha value is -3.73. The molecule has 1 aliphatic carbocycles. The molecule has 5 nitrogen and oxygen atoms in total. The number of fused-ring (bicyclic) bond motifs is 1. The highest BCUT2D eigenvalue weighted by Gasteiger charge is 2.21.